The van der Waals surface area contributed by atoms with Gasteiger partial charge in [0.15, 0.2) is 24.8 Å². The molecule has 1 aromatic carbocycles. The molecule has 0 atom stereocenters. The fourth-order valence-corrected chi connectivity index (χ4v) is 3.45. The van der Waals surface area contributed by atoms with Crippen molar-refractivity contribution in [3.63, 3.8) is 0 Å². The van der Waals surface area contributed by atoms with Gasteiger partial charge in [0.25, 0.3) is 0 Å². The standard InChI is InChI=1S/C12H10ClIO4/c1-12(2)17-10(15)9(11(16)18-12)14-8-5-3-7(13)4-6-8/h3-6H,1-2H3. The third-order valence-corrected chi connectivity index (χ3v) is 5.06. The monoisotopic (exact) mass is 380 g/mol. The summed E-state index contributed by atoms with van der Waals surface area (Å²) >= 11 is 4.85. The summed E-state index contributed by atoms with van der Waals surface area (Å²) in [6, 6.07) is 7.03. The van der Waals surface area contributed by atoms with E-state index in [-0.39, 0.29) is 3.92 Å². The fraction of sp³-hybridized carbons (Fsp3) is 0.250. The number of halogens is 2. The van der Waals surface area contributed by atoms with Gasteiger partial charge in [-0.2, -0.15) is 0 Å². The third kappa shape index (κ3) is 3.08. The molecule has 1 aromatic rings. The maximum atomic E-state index is 11.7. The van der Waals surface area contributed by atoms with Gasteiger partial charge in [-0.15, -0.1) is 0 Å². The maximum Gasteiger partial charge on any atom is 0.247 e. The van der Waals surface area contributed by atoms with Crippen LogP contribution in [-0.4, -0.2) is 17.7 Å². The summed E-state index contributed by atoms with van der Waals surface area (Å²) in [6.45, 7) is 3.06. The Morgan fingerprint density at radius 3 is 2.11 bits per heavy atom. The number of cyclic esters (lactones) is 2. The molecule has 1 fully saturated rings. The second kappa shape index (κ2) is 4.97. The van der Waals surface area contributed by atoms with Crippen LogP contribution in [0.2, 0.25) is 5.02 Å². The van der Waals surface area contributed by atoms with Crippen molar-refractivity contribution in [2.75, 3.05) is 0 Å². The Morgan fingerprint density at radius 1 is 1.11 bits per heavy atom. The molecule has 0 aromatic heterocycles. The Hall–Kier alpha value is -0.950. The summed E-state index contributed by atoms with van der Waals surface area (Å²) in [5.74, 6) is -2.35. The summed E-state index contributed by atoms with van der Waals surface area (Å²) in [5, 5.41) is 0.614. The lowest BCUT2D eigenvalue weighted by molar-refractivity contribution is -0.601. The first-order valence-corrected chi connectivity index (χ1v) is 7.65. The number of hydrogen-bond acceptors (Lipinski definition) is 4. The van der Waals surface area contributed by atoms with Crippen LogP contribution in [0.4, 0.5) is 0 Å². The molecule has 1 aliphatic heterocycles. The van der Waals surface area contributed by atoms with E-state index in [4.69, 9.17) is 21.1 Å². The van der Waals surface area contributed by atoms with Crippen molar-refractivity contribution in [1.82, 2.24) is 0 Å². The first-order chi connectivity index (χ1) is 8.37. The van der Waals surface area contributed by atoms with Gasteiger partial charge >= 0.3 is 0 Å². The number of esters is 2. The van der Waals surface area contributed by atoms with Crippen LogP contribution in [0.25, 0.3) is 0 Å². The van der Waals surface area contributed by atoms with Gasteiger partial charge in [0.05, 0.1) is 3.92 Å². The smallest absolute Gasteiger partial charge is 0.247 e. The topological polar surface area (TPSA) is 52.6 Å². The van der Waals surface area contributed by atoms with E-state index in [2.05, 4.69) is 0 Å². The zero-order chi connectivity index (χ0) is 13.3. The summed E-state index contributed by atoms with van der Waals surface area (Å²) < 4.78 is 11.1. The van der Waals surface area contributed by atoms with Gasteiger partial charge in [-0.05, 0) is 24.3 Å². The van der Waals surface area contributed by atoms with E-state index < -0.39 is 38.9 Å². The number of rotatable bonds is 2. The summed E-state index contributed by atoms with van der Waals surface area (Å²) in [7, 11) is 0. The predicted molar refractivity (Wildman–Crippen MR) is 59.7 cm³/mol. The van der Waals surface area contributed by atoms with Crippen molar-refractivity contribution >= 4 is 23.5 Å². The van der Waals surface area contributed by atoms with Gasteiger partial charge in [0.1, 0.15) is 0 Å². The number of ether oxygens (including phenoxy) is 2. The van der Waals surface area contributed by atoms with Gasteiger partial charge in [0.2, 0.25) is 17.7 Å². The van der Waals surface area contributed by atoms with Gasteiger partial charge in [0, 0.05) is 18.9 Å². The highest BCUT2D eigenvalue weighted by molar-refractivity contribution is 6.30. The van der Waals surface area contributed by atoms with Crippen LogP contribution in [-0.2, 0) is 19.1 Å². The van der Waals surface area contributed by atoms with Crippen LogP contribution in [0.5, 0.6) is 0 Å². The molecule has 0 radical (unpaired) electrons. The molecule has 1 heterocycles. The molecular weight excluding hydrogens is 370 g/mol. The van der Waals surface area contributed by atoms with Crippen LogP contribution in [0.1, 0.15) is 13.8 Å². The number of hydrogen-bond donors (Lipinski definition) is 0. The van der Waals surface area contributed by atoms with Crippen LogP contribution in [0.3, 0.4) is 0 Å². The quantitative estimate of drug-likeness (QED) is 0.374. The average Bonchev–Trinajstić information content (AvgIpc) is 2.24. The average molecular weight is 381 g/mol. The number of carbonyl (C=O) groups is 2. The second-order valence-corrected chi connectivity index (χ2v) is 7.32. The van der Waals surface area contributed by atoms with Crippen molar-refractivity contribution in [3.05, 3.63) is 36.8 Å². The number of benzene rings is 1. The highest BCUT2D eigenvalue weighted by Gasteiger charge is 2.40. The fourth-order valence-electron chi connectivity index (χ4n) is 1.32. The Bertz CT molecular complexity index is 463. The molecule has 0 N–H and O–H groups in total. The molecule has 0 amide bonds. The molecule has 0 aliphatic carbocycles. The van der Waals surface area contributed by atoms with E-state index in [9.17, 15) is 9.59 Å². The van der Waals surface area contributed by atoms with Crippen molar-refractivity contribution in [1.29, 1.82) is 0 Å². The molecule has 0 bridgehead atoms. The summed E-state index contributed by atoms with van der Waals surface area (Å²) in [6.07, 6.45) is 0. The molecule has 0 unspecified atom stereocenters. The van der Waals surface area contributed by atoms with E-state index >= 15 is 0 Å². The van der Waals surface area contributed by atoms with Crippen molar-refractivity contribution < 1.29 is 40.3 Å². The lowest BCUT2D eigenvalue weighted by Gasteiger charge is -2.35. The molecule has 0 spiro atoms. The molecule has 6 heteroatoms. The zero-order valence-corrected chi connectivity index (χ0v) is 12.6. The SMILES string of the molecule is CC1(C)OC(=O)[C-]([I+]c2ccc(Cl)cc2)C(=O)O1. The normalized spacial score (nSPS) is 18.3. The number of carbonyl (C=O) groups excluding carboxylic acids is 2. The van der Waals surface area contributed by atoms with Crippen LogP contribution < -0.4 is 21.2 Å². The minimum atomic E-state index is -1.18. The van der Waals surface area contributed by atoms with E-state index in [0.717, 1.165) is 3.57 Å². The van der Waals surface area contributed by atoms with E-state index in [1.165, 1.54) is 13.8 Å². The first-order valence-electron chi connectivity index (χ1n) is 5.11. The minimum absolute atomic E-state index is 0.107. The molecule has 1 aliphatic rings. The van der Waals surface area contributed by atoms with Crippen LogP contribution >= 0.6 is 11.6 Å². The lowest BCUT2D eigenvalue weighted by atomic mass is 10.3. The van der Waals surface area contributed by atoms with E-state index in [1.807, 2.05) is 0 Å². The Balaban J connectivity index is 2.12. The largest absolute Gasteiger partial charge is 0.443 e. The predicted octanol–water partition coefficient (Wildman–Crippen LogP) is -1.03. The van der Waals surface area contributed by atoms with Crippen molar-refractivity contribution in [3.8, 4) is 0 Å². The van der Waals surface area contributed by atoms with Gasteiger partial charge in [-0.1, -0.05) is 11.6 Å². The van der Waals surface area contributed by atoms with E-state index in [0.29, 0.717) is 5.02 Å². The first kappa shape index (κ1) is 13.5. The summed E-state index contributed by atoms with van der Waals surface area (Å²) in [5.41, 5.74) is 0. The molecule has 1 saturated heterocycles. The second-order valence-electron chi connectivity index (χ2n) is 4.02. The lowest BCUT2D eigenvalue weighted by Crippen LogP contribution is -3.63. The molecule has 2 rings (SSSR count). The highest BCUT2D eigenvalue weighted by atomic mass is 127. The minimum Gasteiger partial charge on any atom is -0.443 e. The van der Waals surface area contributed by atoms with Gasteiger partial charge in [-0.25, -0.2) is 0 Å². The molecule has 4 nitrogen and oxygen atoms in total. The Labute approximate surface area is 120 Å². The molecule has 96 valence electrons. The van der Waals surface area contributed by atoms with Gasteiger partial charge < -0.3 is 9.47 Å². The van der Waals surface area contributed by atoms with Crippen molar-refractivity contribution in [2.24, 2.45) is 0 Å². The molecular formula is C12H10ClIO4. The Morgan fingerprint density at radius 2 is 1.61 bits per heavy atom. The van der Waals surface area contributed by atoms with Crippen LogP contribution in [0.15, 0.2) is 24.3 Å². The highest BCUT2D eigenvalue weighted by Crippen LogP contribution is 2.20. The molecule has 0 saturated carbocycles. The third-order valence-electron chi connectivity index (χ3n) is 2.04. The van der Waals surface area contributed by atoms with Crippen LogP contribution in [0, 0.1) is 7.49 Å². The summed E-state index contributed by atoms with van der Waals surface area (Å²) in [4.78, 5) is 23.5. The maximum absolute atomic E-state index is 11.7. The van der Waals surface area contributed by atoms with Gasteiger partial charge in [-0.3, -0.25) is 9.59 Å². The van der Waals surface area contributed by atoms with Crippen molar-refractivity contribution in [2.45, 2.75) is 19.6 Å². The zero-order valence-electron chi connectivity index (χ0n) is 9.70. The Kier molecular flexibility index (Phi) is 3.72. The molecule has 18 heavy (non-hydrogen) atoms. The van der Waals surface area contributed by atoms with E-state index in [1.54, 1.807) is 24.3 Å².